The minimum Gasteiger partial charge on any atom is -0.441 e. The Morgan fingerprint density at radius 3 is 2.82 bits per heavy atom. The van der Waals surface area contributed by atoms with Gasteiger partial charge in [-0.15, -0.1) is 0 Å². The molecule has 1 atom stereocenters. The van der Waals surface area contributed by atoms with Crippen molar-refractivity contribution in [3.63, 3.8) is 0 Å². The number of carbonyl (C=O) groups is 1. The number of aromatic nitrogens is 1. The van der Waals surface area contributed by atoms with Crippen molar-refractivity contribution in [3.05, 3.63) is 70.2 Å². The molecule has 1 fully saturated rings. The number of nitrogens with zero attached hydrogens (tertiary/aromatic N) is 3. The first-order valence-electron chi connectivity index (χ1n) is 10.5. The van der Waals surface area contributed by atoms with Gasteiger partial charge < -0.3 is 19.1 Å². The van der Waals surface area contributed by atoms with Gasteiger partial charge >= 0.3 is 6.09 Å². The first-order valence-corrected chi connectivity index (χ1v) is 10.8. The van der Waals surface area contributed by atoms with Crippen LogP contribution < -0.4 is 5.32 Å². The molecule has 10 heteroatoms. The van der Waals surface area contributed by atoms with E-state index in [2.05, 4.69) is 32.3 Å². The Hall–Kier alpha value is -3.71. The SMILES string of the molecule is CC(OC(=O)Nc1conc1C#CC1=CC2=CC(C3(CO)COC3)=NC2=N1)c1ccccc1Cl. The van der Waals surface area contributed by atoms with Crippen LogP contribution in [0.5, 0.6) is 0 Å². The van der Waals surface area contributed by atoms with E-state index < -0.39 is 17.6 Å². The average Bonchev–Trinajstić information content (AvgIpc) is 3.47. The monoisotopic (exact) mass is 478 g/mol. The highest BCUT2D eigenvalue weighted by atomic mass is 35.5. The van der Waals surface area contributed by atoms with Crippen LogP contribution in [0, 0.1) is 17.3 Å². The largest absolute Gasteiger partial charge is 0.441 e. The van der Waals surface area contributed by atoms with E-state index in [4.69, 9.17) is 25.6 Å². The zero-order valence-electron chi connectivity index (χ0n) is 18.0. The van der Waals surface area contributed by atoms with E-state index in [1.165, 1.54) is 6.26 Å². The van der Waals surface area contributed by atoms with Crippen LogP contribution in [0.2, 0.25) is 5.02 Å². The molecule has 1 saturated heterocycles. The average molecular weight is 479 g/mol. The number of rotatable bonds is 5. The lowest BCUT2D eigenvalue weighted by atomic mass is 9.81. The Bertz CT molecular complexity index is 1330. The van der Waals surface area contributed by atoms with Gasteiger partial charge in [0, 0.05) is 16.2 Å². The second kappa shape index (κ2) is 8.91. The number of amides is 1. The molecule has 0 radical (unpaired) electrons. The highest BCUT2D eigenvalue weighted by molar-refractivity contribution is 6.31. The van der Waals surface area contributed by atoms with Crippen LogP contribution in [0.4, 0.5) is 10.5 Å². The molecule has 1 aromatic carbocycles. The Balaban J connectivity index is 1.23. The maximum Gasteiger partial charge on any atom is 0.412 e. The molecule has 172 valence electrons. The van der Waals surface area contributed by atoms with Crippen LogP contribution in [0.1, 0.15) is 24.3 Å². The van der Waals surface area contributed by atoms with Gasteiger partial charge in [-0.25, -0.2) is 14.8 Å². The van der Waals surface area contributed by atoms with Gasteiger partial charge in [-0.1, -0.05) is 35.0 Å². The second-order valence-electron chi connectivity index (χ2n) is 8.01. The van der Waals surface area contributed by atoms with Gasteiger partial charge in [-0.3, -0.25) is 5.32 Å². The van der Waals surface area contributed by atoms with Gasteiger partial charge in [0.05, 0.1) is 30.9 Å². The summed E-state index contributed by atoms with van der Waals surface area (Å²) in [6.45, 7) is 2.58. The molecule has 1 aromatic heterocycles. The third-order valence-electron chi connectivity index (χ3n) is 5.64. The number of carbonyl (C=O) groups excluding carboxylic acids is 1. The van der Waals surface area contributed by atoms with Gasteiger partial charge in [0.25, 0.3) is 0 Å². The lowest BCUT2D eigenvalue weighted by Crippen LogP contribution is -2.51. The number of nitrogens with one attached hydrogen (secondary N) is 1. The predicted octanol–water partition coefficient (Wildman–Crippen LogP) is 3.68. The fourth-order valence-corrected chi connectivity index (χ4v) is 3.91. The molecule has 3 aliphatic rings. The molecule has 0 saturated carbocycles. The predicted molar refractivity (Wildman–Crippen MR) is 125 cm³/mol. The van der Waals surface area contributed by atoms with Gasteiger partial charge in [0.15, 0.2) is 11.5 Å². The van der Waals surface area contributed by atoms with E-state index in [9.17, 15) is 9.90 Å². The number of aliphatic hydroxyl groups is 1. The molecule has 9 nitrogen and oxygen atoms in total. The van der Waals surface area contributed by atoms with E-state index in [1.807, 2.05) is 12.1 Å². The number of hydrogen-bond donors (Lipinski definition) is 2. The number of benzene rings is 1. The van der Waals surface area contributed by atoms with Crippen molar-refractivity contribution >= 4 is 34.9 Å². The number of halogens is 1. The standard InChI is InChI=1S/C24H19ClN4O5/c1-14(17-4-2-3-5-18(17)25)34-23(31)27-20-10-33-29-19(20)7-6-16-8-15-9-21(28-22(15)26-16)24(11-30)12-32-13-24/h2-5,8-10,14,30H,11-13H2,1H3,(H,27,31). The van der Waals surface area contributed by atoms with E-state index in [1.54, 1.807) is 31.2 Å². The molecule has 34 heavy (non-hydrogen) atoms. The molecular weight excluding hydrogens is 460 g/mol. The number of aliphatic hydroxyl groups excluding tert-OH is 1. The maximum atomic E-state index is 12.3. The topological polar surface area (TPSA) is 119 Å². The molecule has 0 aliphatic carbocycles. The number of aliphatic imine (C=N–C) groups is 2. The summed E-state index contributed by atoms with van der Waals surface area (Å²) in [6.07, 6.45) is 3.71. The first-order chi connectivity index (χ1) is 16.5. The summed E-state index contributed by atoms with van der Waals surface area (Å²) in [5, 5.41) is 16.6. The highest BCUT2D eigenvalue weighted by Gasteiger charge is 2.44. The normalized spacial score (nSPS) is 18.3. The van der Waals surface area contributed by atoms with Crippen LogP contribution >= 0.6 is 11.6 Å². The summed E-state index contributed by atoms with van der Waals surface area (Å²) in [7, 11) is 0. The van der Waals surface area contributed by atoms with Gasteiger partial charge in [-0.2, -0.15) is 0 Å². The Kier molecular flexibility index (Phi) is 5.79. The molecule has 2 N–H and O–H groups in total. The van der Waals surface area contributed by atoms with Crippen molar-refractivity contribution in [1.29, 1.82) is 0 Å². The molecule has 0 spiro atoms. The Morgan fingerprint density at radius 2 is 2.12 bits per heavy atom. The van der Waals surface area contributed by atoms with Crippen molar-refractivity contribution in [2.75, 3.05) is 25.1 Å². The van der Waals surface area contributed by atoms with Gasteiger partial charge in [0.1, 0.15) is 23.8 Å². The smallest absolute Gasteiger partial charge is 0.412 e. The van der Waals surface area contributed by atoms with Crippen molar-refractivity contribution in [2.45, 2.75) is 13.0 Å². The minimum atomic E-state index is -0.696. The zero-order chi connectivity index (χ0) is 23.7. The molecule has 0 bridgehead atoms. The summed E-state index contributed by atoms with van der Waals surface area (Å²) in [6, 6.07) is 7.13. The summed E-state index contributed by atoms with van der Waals surface area (Å²) >= 11 is 6.16. The van der Waals surface area contributed by atoms with Crippen LogP contribution in [-0.2, 0) is 9.47 Å². The maximum absolute atomic E-state index is 12.3. The third-order valence-corrected chi connectivity index (χ3v) is 5.98. The lowest BCUT2D eigenvalue weighted by molar-refractivity contribution is -0.0924. The van der Waals surface area contributed by atoms with Crippen LogP contribution in [-0.4, -0.2) is 47.7 Å². The third kappa shape index (κ3) is 4.15. The van der Waals surface area contributed by atoms with Crippen LogP contribution in [0.3, 0.4) is 0 Å². The molecular formula is C24H19ClN4O5. The molecule has 3 aliphatic heterocycles. The molecule has 2 aromatic rings. The van der Waals surface area contributed by atoms with Crippen molar-refractivity contribution < 1.29 is 23.9 Å². The number of hydrogen-bond acceptors (Lipinski definition) is 8. The van der Waals surface area contributed by atoms with E-state index in [0.29, 0.717) is 35.3 Å². The van der Waals surface area contributed by atoms with E-state index in [-0.39, 0.29) is 18.0 Å². The fraction of sp³-hybridized carbons (Fsp3) is 0.250. The Morgan fingerprint density at radius 1 is 1.29 bits per heavy atom. The van der Waals surface area contributed by atoms with E-state index >= 15 is 0 Å². The lowest BCUT2D eigenvalue weighted by Gasteiger charge is -2.39. The van der Waals surface area contributed by atoms with Crippen LogP contribution in [0.25, 0.3) is 0 Å². The van der Waals surface area contributed by atoms with Crippen molar-refractivity contribution in [3.8, 4) is 11.8 Å². The number of allylic oxidation sites excluding steroid dienone is 2. The number of ether oxygens (including phenoxy) is 2. The zero-order valence-corrected chi connectivity index (χ0v) is 18.8. The highest BCUT2D eigenvalue weighted by Crippen LogP contribution is 2.34. The summed E-state index contributed by atoms with van der Waals surface area (Å²) < 4.78 is 15.6. The van der Waals surface area contributed by atoms with Gasteiger partial charge in [-0.05, 0) is 37.0 Å². The van der Waals surface area contributed by atoms with Gasteiger partial charge in [0.2, 0.25) is 0 Å². The van der Waals surface area contributed by atoms with E-state index in [0.717, 1.165) is 11.3 Å². The minimum absolute atomic E-state index is 0.0270. The summed E-state index contributed by atoms with van der Waals surface area (Å²) in [4.78, 5) is 21.3. The summed E-state index contributed by atoms with van der Waals surface area (Å²) in [5.74, 6) is 6.30. The van der Waals surface area contributed by atoms with Crippen LogP contribution in [0.15, 0.2) is 68.5 Å². The number of amidine groups is 1. The van der Waals surface area contributed by atoms with Crippen molar-refractivity contribution in [2.24, 2.45) is 15.4 Å². The second-order valence-corrected chi connectivity index (χ2v) is 8.42. The summed E-state index contributed by atoms with van der Waals surface area (Å²) in [5.41, 5.74) is 2.83. The molecule has 5 rings (SSSR count). The van der Waals surface area contributed by atoms with Crippen molar-refractivity contribution in [1.82, 2.24) is 5.16 Å². The number of fused-ring (bicyclic) bond motifs is 1. The fourth-order valence-electron chi connectivity index (χ4n) is 3.62. The quantitative estimate of drug-likeness (QED) is 0.633. The molecule has 1 unspecified atom stereocenters. The molecule has 4 heterocycles. The Labute approximate surface area is 199 Å². The first kappa shape index (κ1) is 22.1. The number of anilines is 1. The molecule has 1 amide bonds.